The molecular weight excluding hydrogens is 551 g/mol. The molecule has 2 aromatic heterocycles. The average molecular weight is 566 g/mol. The van der Waals surface area contributed by atoms with E-state index < -0.39 is 0 Å². The lowest BCUT2D eigenvalue weighted by Crippen LogP contribution is -1.95. The first-order valence-corrected chi connectivity index (χ1v) is 13.8. The van der Waals surface area contributed by atoms with Crippen LogP contribution < -0.4 is 0 Å². The van der Waals surface area contributed by atoms with E-state index in [0.29, 0.717) is 27.9 Å². The monoisotopic (exact) mass is 565 g/mol. The number of benzene rings is 5. The number of rotatable bonds is 3. The lowest BCUT2D eigenvalue weighted by Gasteiger charge is -2.15. The first kappa shape index (κ1) is 25.5. The van der Waals surface area contributed by atoms with Gasteiger partial charge >= 0.3 is 0 Å². The minimum absolute atomic E-state index is 0.238. The summed E-state index contributed by atoms with van der Waals surface area (Å²) in [6.45, 7) is 0. The van der Waals surface area contributed by atoms with Crippen LogP contribution in [0.2, 0.25) is 0 Å². The molecule has 0 aliphatic carbocycles. The Morgan fingerprint density at radius 3 is 1.91 bits per heavy atom. The van der Waals surface area contributed by atoms with E-state index in [1.807, 2.05) is 66.7 Å². The summed E-state index contributed by atoms with van der Waals surface area (Å²) < 4.78 is 9.42. The van der Waals surface area contributed by atoms with Crippen molar-refractivity contribution in [3.05, 3.63) is 113 Å². The van der Waals surface area contributed by atoms with Crippen molar-refractivity contribution in [2.24, 2.45) is 0 Å². The molecule has 0 saturated heterocycles. The number of fused-ring (bicyclic) bond motifs is 5. The molecule has 196 valence electrons. The molecule has 0 aliphatic rings. The van der Waals surface area contributed by atoms with Crippen LogP contribution in [0.5, 0.6) is 0 Å². The third-order valence-corrected chi connectivity index (χ3v) is 7.99. The van der Waals surface area contributed by atoms with Gasteiger partial charge in [0.25, 0.3) is 0 Å². The van der Waals surface area contributed by atoms with Crippen molar-refractivity contribution in [2.75, 3.05) is 0 Å². The van der Waals surface area contributed by atoms with Crippen LogP contribution in [0, 0.1) is 45.3 Å². The van der Waals surface area contributed by atoms with Gasteiger partial charge in [-0.1, -0.05) is 54.6 Å². The summed E-state index contributed by atoms with van der Waals surface area (Å²) >= 11 is 1.15. The Morgan fingerprint density at radius 2 is 1.23 bits per heavy atom. The minimum atomic E-state index is 0.238. The van der Waals surface area contributed by atoms with Gasteiger partial charge in [0, 0.05) is 32.8 Å². The molecule has 0 N–H and O–H groups in total. The fraction of sp³-hybridized carbons (Fsp3) is 0. The van der Waals surface area contributed by atoms with Gasteiger partial charge in [0.05, 0.1) is 69.5 Å². The fourth-order valence-corrected chi connectivity index (χ4v) is 6.09. The molecule has 2 heterocycles. The van der Waals surface area contributed by atoms with Gasteiger partial charge in [0.1, 0.15) is 11.0 Å². The van der Waals surface area contributed by atoms with Crippen molar-refractivity contribution in [3.63, 3.8) is 0 Å². The average Bonchev–Trinajstić information content (AvgIpc) is 3.57. The second kappa shape index (κ2) is 10.2. The van der Waals surface area contributed by atoms with Gasteiger partial charge in [0.15, 0.2) is 0 Å². The smallest absolute Gasteiger partial charge is 0.114 e. The van der Waals surface area contributed by atoms with Crippen molar-refractivity contribution in [1.29, 1.82) is 21.0 Å². The van der Waals surface area contributed by atoms with E-state index in [4.69, 9.17) is 9.36 Å². The Hall–Kier alpha value is -6.45. The molecule has 0 aliphatic heterocycles. The topological polar surface area (TPSA) is 134 Å². The van der Waals surface area contributed by atoms with Crippen LogP contribution in [-0.4, -0.2) is 13.7 Å². The van der Waals surface area contributed by atoms with Crippen LogP contribution >= 0.6 is 11.7 Å². The van der Waals surface area contributed by atoms with Crippen LogP contribution in [-0.2, 0) is 0 Å². The predicted molar refractivity (Wildman–Crippen MR) is 165 cm³/mol. The molecule has 5 aromatic carbocycles. The Balaban J connectivity index is 1.60. The first-order valence-electron chi connectivity index (χ1n) is 13.1. The maximum Gasteiger partial charge on any atom is 0.114 e. The van der Waals surface area contributed by atoms with Gasteiger partial charge in [-0.05, 0) is 47.5 Å². The lowest BCUT2D eigenvalue weighted by atomic mass is 9.90. The molecule has 0 amide bonds. The molecule has 43 heavy (non-hydrogen) atoms. The maximum absolute atomic E-state index is 9.90. The third-order valence-electron chi connectivity index (χ3n) is 7.46. The summed E-state index contributed by atoms with van der Waals surface area (Å²) in [5, 5.41) is 41.2. The number of hydrogen-bond donors (Lipinski definition) is 0. The number of nitrogens with zero attached hydrogens (tertiary/aromatic N) is 7. The van der Waals surface area contributed by atoms with Crippen LogP contribution in [0.1, 0.15) is 22.3 Å². The summed E-state index contributed by atoms with van der Waals surface area (Å²) in [5.41, 5.74) is 8.02. The van der Waals surface area contributed by atoms with Gasteiger partial charge in [-0.3, -0.25) is 0 Å². The van der Waals surface area contributed by atoms with E-state index in [-0.39, 0.29) is 16.7 Å². The fourth-order valence-electron chi connectivity index (χ4n) is 5.53. The summed E-state index contributed by atoms with van der Waals surface area (Å²) in [6.07, 6.45) is 0. The van der Waals surface area contributed by atoms with Crippen LogP contribution in [0.15, 0.2) is 91.0 Å². The zero-order valence-corrected chi connectivity index (χ0v) is 23.0. The quantitative estimate of drug-likeness (QED) is 0.199. The first-order chi connectivity index (χ1) is 21.1. The summed E-state index contributed by atoms with van der Waals surface area (Å²) in [4.78, 5) is 5.14. The van der Waals surface area contributed by atoms with Crippen molar-refractivity contribution >= 4 is 44.4 Å². The lowest BCUT2D eigenvalue weighted by molar-refractivity contribution is 1.40. The van der Waals surface area contributed by atoms with Crippen LogP contribution in [0.3, 0.4) is 0 Å². The summed E-state index contributed by atoms with van der Waals surface area (Å²) in [7, 11) is 0. The summed E-state index contributed by atoms with van der Waals surface area (Å²) in [6, 6.07) is 36.5. The second-order valence-electron chi connectivity index (χ2n) is 9.84. The molecule has 0 fully saturated rings. The number of hydrogen-bond acceptors (Lipinski definition) is 8. The van der Waals surface area contributed by atoms with Gasteiger partial charge in [-0.15, -0.1) is 0 Å². The zero-order chi connectivity index (χ0) is 29.5. The van der Waals surface area contributed by atoms with Crippen molar-refractivity contribution in [1.82, 2.24) is 13.7 Å². The van der Waals surface area contributed by atoms with Crippen LogP contribution in [0.25, 0.3) is 66.2 Å². The molecule has 0 bridgehead atoms. The molecule has 7 rings (SSSR count). The molecule has 8 heteroatoms. The molecular formula is C35H15N7S. The van der Waals surface area contributed by atoms with Crippen molar-refractivity contribution in [3.8, 4) is 57.8 Å². The van der Waals surface area contributed by atoms with E-state index in [9.17, 15) is 21.0 Å². The van der Waals surface area contributed by atoms with E-state index in [2.05, 4.69) is 28.6 Å². The van der Waals surface area contributed by atoms with Gasteiger partial charge in [-0.2, -0.15) is 29.8 Å². The molecule has 7 nitrogen and oxygen atoms in total. The van der Waals surface area contributed by atoms with Crippen molar-refractivity contribution in [2.45, 2.75) is 0 Å². The Morgan fingerprint density at radius 1 is 0.558 bits per heavy atom. The number of nitriles is 4. The minimum Gasteiger partial charge on any atom is -0.247 e. The Bertz CT molecular complexity index is 2400. The van der Waals surface area contributed by atoms with E-state index in [1.165, 1.54) is 12.1 Å². The molecule has 0 saturated carbocycles. The number of aromatic nitrogens is 3. The molecule has 0 atom stereocenters. The molecule has 0 unspecified atom stereocenters. The maximum atomic E-state index is 9.90. The van der Waals surface area contributed by atoms with E-state index in [0.717, 1.165) is 55.6 Å². The van der Waals surface area contributed by atoms with E-state index >= 15 is 0 Å². The Kier molecular flexibility index (Phi) is 6.04. The normalized spacial score (nSPS) is 10.7. The Labute approximate surface area is 249 Å². The highest BCUT2D eigenvalue weighted by molar-refractivity contribution is 7.00. The van der Waals surface area contributed by atoms with Crippen LogP contribution in [0.4, 0.5) is 0 Å². The van der Waals surface area contributed by atoms with Gasteiger partial charge in [0.2, 0.25) is 0 Å². The van der Waals surface area contributed by atoms with Gasteiger partial charge < -0.3 is 0 Å². The largest absolute Gasteiger partial charge is 0.247 e. The standard InChI is InChI=1S/C35H15N7S/c36-16-20-6-8-23(9-7-20)33-29-15-28(22-4-2-1-3-5-22)34-35(42-43-41-34)32(29)27-11-10-24(14-30(27)40-33)31-25(18-38)12-21(17-37)13-26(31)19-39/h1-15H. The van der Waals surface area contributed by atoms with Crippen molar-refractivity contribution < 1.29 is 0 Å². The number of pyridine rings is 1. The van der Waals surface area contributed by atoms with Gasteiger partial charge in [-0.25, -0.2) is 4.98 Å². The zero-order valence-electron chi connectivity index (χ0n) is 22.2. The highest BCUT2D eigenvalue weighted by Gasteiger charge is 2.21. The second-order valence-corrected chi connectivity index (χ2v) is 10.4. The van der Waals surface area contributed by atoms with E-state index in [1.54, 1.807) is 12.1 Å². The SMILES string of the molecule is N#Cc1ccc(-c2nc3cc(-c4c(C#N)cc(C#N)cc4C#N)ccc3c3c2cc(-c2ccccc2)c2nsnc23)cc1. The third kappa shape index (κ3) is 4.12. The molecule has 0 spiro atoms. The molecule has 7 aromatic rings. The summed E-state index contributed by atoms with van der Waals surface area (Å²) in [5.74, 6) is 0. The highest BCUT2D eigenvalue weighted by Crippen LogP contribution is 2.42. The highest BCUT2D eigenvalue weighted by atomic mass is 32.1. The molecule has 0 radical (unpaired) electrons. The predicted octanol–water partition coefficient (Wildman–Crippen LogP) is 7.88.